The molecule has 8 heteroatoms. The first kappa shape index (κ1) is 16.5. The lowest BCUT2D eigenvalue weighted by Crippen LogP contribution is -2.41. The predicted molar refractivity (Wildman–Crippen MR) is 94.2 cm³/mol. The highest BCUT2D eigenvalue weighted by Gasteiger charge is 2.46. The third kappa shape index (κ3) is 2.88. The van der Waals surface area contributed by atoms with Crippen LogP contribution in [0.5, 0.6) is 0 Å². The number of aliphatic hydroxyl groups is 1. The molecule has 3 atom stereocenters. The van der Waals surface area contributed by atoms with Gasteiger partial charge >= 0.3 is 0 Å². The molecule has 0 radical (unpaired) electrons. The Morgan fingerprint density at radius 3 is 3.17 bits per heavy atom. The molecule has 2 N–H and O–H groups in total. The molecule has 0 amide bonds. The molecule has 2 aliphatic heterocycles. The topological polar surface area (TPSA) is 76.4 Å². The first-order valence-electron chi connectivity index (χ1n) is 7.93. The highest BCUT2D eigenvalue weighted by Crippen LogP contribution is 2.34. The minimum Gasteiger partial charge on any atom is -0.364 e. The van der Waals surface area contributed by atoms with Crippen LogP contribution >= 0.6 is 27.5 Å². The molecule has 2 fully saturated rings. The van der Waals surface area contributed by atoms with Crippen molar-refractivity contribution in [2.75, 3.05) is 6.54 Å². The fourth-order valence-corrected chi connectivity index (χ4v) is 4.08. The number of hydrogen-bond acceptors (Lipinski definition) is 5. The summed E-state index contributed by atoms with van der Waals surface area (Å²) < 4.78 is 7.88. The van der Waals surface area contributed by atoms with E-state index in [1.165, 1.54) is 10.9 Å². The van der Waals surface area contributed by atoms with Gasteiger partial charge in [-0.15, -0.1) is 0 Å². The van der Waals surface area contributed by atoms with Crippen molar-refractivity contribution in [2.45, 2.75) is 43.7 Å². The summed E-state index contributed by atoms with van der Waals surface area (Å²) in [4.78, 5) is 17.0. The maximum atomic E-state index is 12.7. The Hall–Kier alpha value is -0.990. The SMILES string of the molecule is O=c1c2cc(Br)c(Cl)cc2ncn1CC1(O)C[C@@H]2NCCC[C@@H]2O1. The second-order valence-corrected chi connectivity index (χ2v) is 7.73. The third-order valence-electron chi connectivity index (χ3n) is 4.71. The molecule has 128 valence electrons. The van der Waals surface area contributed by atoms with Crippen LogP contribution in [0.4, 0.5) is 0 Å². The molecule has 0 saturated carbocycles. The molecule has 2 aliphatic rings. The summed E-state index contributed by atoms with van der Waals surface area (Å²) in [5.74, 6) is -1.35. The van der Waals surface area contributed by atoms with Crippen LogP contribution in [0.25, 0.3) is 10.9 Å². The van der Waals surface area contributed by atoms with E-state index in [2.05, 4.69) is 26.2 Å². The monoisotopic (exact) mass is 413 g/mol. The Bertz CT molecular complexity index is 842. The first-order chi connectivity index (χ1) is 11.5. The van der Waals surface area contributed by atoms with Gasteiger partial charge in [0.05, 0.1) is 34.9 Å². The zero-order chi connectivity index (χ0) is 16.9. The Balaban J connectivity index is 1.66. The number of aromatic nitrogens is 2. The zero-order valence-corrected chi connectivity index (χ0v) is 15.2. The second kappa shape index (κ2) is 6.07. The molecule has 0 bridgehead atoms. The van der Waals surface area contributed by atoms with Crippen LogP contribution in [0.1, 0.15) is 19.3 Å². The predicted octanol–water partition coefficient (Wildman–Crippen LogP) is 2.04. The van der Waals surface area contributed by atoms with Crippen molar-refractivity contribution in [2.24, 2.45) is 0 Å². The second-order valence-electron chi connectivity index (χ2n) is 6.47. The Kier molecular flexibility index (Phi) is 4.17. The summed E-state index contributed by atoms with van der Waals surface area (Å²) in [5, 5.41) is 15.1. The van der Waals surface area contributed by atoms with Crippen molar-refractivity contribution >= 4 is 38.4 Å². The number of nitrogens with zero attached hydrogens (tertiary/aromatic N) is 2. The summed E-state index contributed by atoms with van der Waals surface area (Å²) in [7, 11) is 0. The summed E-state index contributed by atoms with van der Waals surface area (Å²) in [5.41, 5.74) is 0.302. The summed E-state index contributed by atoms with van der Waals surface area (Å²) >= 11 is 9.37. The smallest absolute Gasteiger partial charge is 0.261 e. The number of fused-ring (bicyclic) bond motifs is 2. The lowest BCUT2D eigenvalue weighted by Gasteiger charge is -2.25. The maximum Gasteiger partial charge on any atom is 0.261 e. The van der Waals surface area contributed by atoms with E-state index < -0.39 is 5.79 Å². The summed E-state index contributed by atoms with van der Waals surface area (Å²) in [6.45, 7) is 0.997. The van der Waals surface area contributed by atoms with E-state index in [0.717, 1.165) is 19.4 Å². The average molecular weight is 415 g/mol. The fourth-order valence-electron chi connectivity index (χ4n) is 3.58. The number of nitrogens with one attached hydrogen (secondary N) is 1. The van der Waals surface area contributed by atoms with Gasteiger partial charge in [-0.05, 0) is 47.4 Å². The minimum atomic E-state index is -1.35. The Labute approximate surface area is 151 Å². The van der Waals surface area contributed by atoms with Gasteiger partial charge in [-0.25, -0.2) is 4.98 Å². The van der Waals surface area contributed by atoms with Crippen molar-refractivity contribution in [1.82, 2.24) is 14.9 Å². The van der Waals surface area contributed by atoms with E-state index in [1.807, 2.05) is 0 Å². The molecule has 6 nitrogen and oxygen atoms in total. The standard InChI is InChI=1S/C16H17BrClN3O3/c17-10-4-9-12(5-11(10)18)20-8-21(15(9)22)7-16(23)6-13-14(24-16)2-1-3-19-13/h4-5,8,13-14,19,23H,1-3,6-7H2/t13-,14-,16?/m0/s1. The zero-order valence-electron chi connectivity index (χ0n) is 12.8. The molecular formula is C16H17BrClN3O3. The number of hydrogen-bond donors (Lipinski definition) is 2. The number of halogens is 2. The lowest BCUT2D eigenvalue weighted by molar-refractivity contribution is -0.202. The van der Waals surface area contributed by atoms with E-state index in [4.69, 9.17) is 16.3 Å². The van der Waals surface area contributed by atoms with Gasteiger partial charge in [0.15, 0.2) is 5.79 Å². The van der Waals surface area contributed by atoms with Crippen LogP contribution in [-0.2, 0) is 11.3 Å². The number of ether oxygens (including phenoxy) is 1. The van der Waals surface area contributed by atoms with Gasteiger partial charge in [0.25, 0.3) is 5.56 Å². The summed E-state index contributed by atoms with van der Waals surface area (Å²) in [6.07, 6.45) is 3.86. The first-order valence-corrected chi connectivity index (χ1v) is 9.10. The Morgan fingerprint density at radius 1 is 1.54 bits per heavy atom. The van der Waals surface area contributed by atoms with Crippen LogP contribution in [0.15, 0.2) is 27.7 Å². The molecule has 1 aromatic carbocycles. The van der Waals surface area contributed by atoms with Gasteiger partial charge in [0.2, 0.25) is 0 Å². The normalized spacial score (nSPS) is 29.8. The molecule has 3 heterocycles. The number of piperidine rings is 1. The molecule has 0 spiro atoms. The molecule has 24 heavy (non-hydrogen) atoms. The van der Waals surface area contributed by atoms with Gasteiger partial charge in [0, 0.05) is 16.9 Å². The van der Waals surface area contributed by atoms with Gasteiger partial charge < -0.3 is 15.2 Å². The van der Waals surface area contributed by atoms with Gasteiger partial charge in [-0.1, -0.05) is 11.6 Å². The van der Waals surface area contributed by atoms with Crippen LogP contribution in [0.2, 0.25) is 5.02 Å². The van der Waals surface area contributed by atoms with Gasteiger partial charge in [-0.2, -0.15) is 0 Å². The van der Waals surface area contributed by atoms with Crippen molar-refractivity contribution in [3.05, 3.63) is 38.3 Å². The quantitative estimate of drug-likeness (QED) is 0.786. The molecular weight excluding hydrogens is 398 g/mol. The van der Waals surface area contributed by atoms with Crippen molar-refractivity contribution in [3.63, 3.8) is 0 Å². The molecule has 1 aromatic heterocycles. The highest BCUT2D eigenvalue weighted by atomic mass is 79.9. The van der Waals surface area contributed by atoms with E-state index in [9.17, 15) is 9.90 Å². The van der Waals surface area contributed by atoms with Crippen molar-refractivity contribution in [3.8, 4) is 0 Å². The van der Waals surface area contributed by atoms with Crippen LogP contribution < -0.4 is 10.9 Å². The van der Waals surface area contributed by atoms with E-state index in [-0.39, 0.29) is 24.2 Å². The number of benzene rings is 1. The van der Waals surface area contributed by atoms with E-state index in [0.29, 0.717) is 26.8 Å². The average Bonchev–Trinajstić information content (AvgIpc) is 2.88. The van der Waals surface area contributed by atoms with Crippen LogP contribution in [-0.4, -0.2) is 39.1 Å². The van der Waals surface area contributed by atoms with Gasteiger partial charge in [-0.3, -0.25) is 9.36 Å². The molecule has 1 unspecified atom stereocenters. The molecule has 0 aliphatic carbocycles. The maximum absolute atomic E-state index is 12.7. The highest BCUT2D eigenvalue weighted by molar-refractivity contribution is 9.10. The van der Waals surface area contributed by atoms with Crippen molar-refractivity contribution in [1.29, 1.82) is 0 Å². The molecule has 2 aromatic rings. The third-order valence-corrected chi connectivity index (χ3v) is 5.91. The van der Waals surface area contributed by atoms with E-state index in [1.54, 1.807) is 12.1 Å². The van der Waals surface area contributed by atoms with Gasteiger partial charge in [0.1, 0.15) is 0 Å². The lowest BCUT2D eigenvalue weighted by atomic mass is 9.99. The summed E-state index contributed by atoms with van der Waals surface area (Å²) in [6, 6.07) is 3.44. The largest absolute Gasteiger partial charge is 0.364 e. The van der Waals surface area contributed by atoms with Crippen LogP contribution in [0, 0.1) is 0 Å². The fraction of sp³-hybridized carbons (Fsp3) is 0.500. The van der Waals surface area contributed by atoms with Crippen molar-refractivity contribution < 1.29 is 9.84 Å². The minimum absolute atomic E-state index is 0.000758. The molecule has 2 saturated heterocycles. The molecule has 4 rings (SSSR count). The van der Waals surface area contributed by atoms with Crippen LogP contribution in [0.3, 0.4) is 0 Å². The Morgan fingerprint density at radius 2 is 2.38 bits per heavy atom. The van der Waals surface area contributed by atoms with E-state index >= 15 is 0 Å². The number of rotatable bonds is 2.